The van der Waals surface area contributed by atoms with E-state index in [1.54, 1.807) is 0 Å². The molecule has 2 N–H and O–H groups in total. The van der Waals surface area contributed by atoms with Crippen LogP contribution in [0.5, 0.6) is 0 Å². The highest BCUT2D eigenvalue weighted by atomic mass is 16.6. The summed E-state index contributed by atoms with van der Waals surface area (Å²) in [5, 5.41) is 0. The van der Waals surface area contributed by atoms with E-state index in [1.165, 1.54) is 12.8 Å². The molecule has 0 aromatic carbocycles. The van der Waals surface area contributed by atoms with Crippen molar-refractivity contribution in [3.05, 3.63) is 0 Å². The van der Waals surface area contributed by atoms with E-state index in [4.69, 9.17) is 10.5 Å². The minimum atomic E-state index is -0.611. The molecule has 0 bridgehead atoms. The lowest BCUT2D eigenvalue weighted by atomic mass is 10.1. The van der Waals surface area contributed by atoms with E-state index in [0.717, 1.165) is 18.8 Å². The van der Waals surface area contributed by atoms with E-state index in [-0.39, 0.29) is 5.60 Å². The third kappa shape index (κ3) is 1.17. The molecule has 3 heteroatoms. The van der Waals surface area contributed by atoms with Crippen molar-refractivity contribution in [1.29, 1.82) is 0 Å². The number of nitrogens with two attached hydrogens (primary N) is 1. The van der Waals surface area contributed by atoms with Gasteiger partial charge in [-0.25, -0.2) is 4.79 Å². The molecule has 0 saturated heterocycles. The number of carbonyl (C=O) groups excluding carboxylic acids is 1. The molecule has 0 aromatic rings. The summed E-state index contributed by atoms with van der Waals surface area (Å²) in [6.07, 6.45) is 3.97. The molecule has 2 atom stereocenters. The summed E-state index contributed by atoms with van der Waals surface area (Å²) in [5.74, 6) is 1.44. The average Bonchev–Trinajstić information content (AvgIpc) is 2.77. The highest BCUT2D eigenvalue weighted by Crippen LogP contribution is 2.60. The smallest absolute Gasteiger partial charge is 0.405 e. The van der Waals surface area contributed by atoms with Crippen molar-refractivity contribution < 1.29 is 9.53 Å². The first-order valence-corrected chi connectivity index (χ1v) is 4.66. The van der Waals surface area contributed by atoms with Crippen LogP contribution in [-0.2, 0) is 4.74 Å². The molecule has 2 rings (SSSR count). The molecule has 0 radical (unpaired) electrons. The zero-order valence-electron chi connectivity index (χ0n) is 7.38. The van der Waals surface area contributed by atoms with Crippen LogP contribution in [0.1, 0.15) is 32.6 Å². The molecule has 12 heavy (non-hydrogen) atoms. The summed E-state index contributed by atoms with van der Waals surface area (Å²) in [6.45, 7) is 2.06. The van der Waals surface area contributed by atoms with Crippen LogP contribution in [0.4, 0.5) is 4.79 Å². The first-order valence-electron chi connectivity index (χ1n) is 4.66. The van der Waals surface area contributed by atoms with Gasteiger partial charge in [-0.3, -0.25) is 0 Å². The zero-order chi connectivity index (χ0) is 8.77. The summed E-state index contributed by atoms with van der Waals surface area (Å²) in [5.41, 5.74) is 4.86. The van der Waals surface area contributed by atoms with Gasteiger partial charge in [0.05, 0.1) is 0 Å². The third-order valence-electron chi connectivity index (χ3n) is 3.17. The normalized spacial score (nSPS) is 39.2. The lowest BCUT2D eigenvalue weighted by Crippen LogP contribution is -2.25. The summed E-state index contributed by atoms with van der Waals surface area (Å²) in [7, 11) is 0. The fourth-order valence-electron chi connectivity index (χ4n) is 2.20. The van der Waals surface area contributed by atoms with Crippen molar-refractivity contribution in [2.24, 2.45) is 17.6 Å². The SMILES string of the molecule is CCC1(OC(N)=O)CC1C1CC1. The first-order chi connectivity index (χ1) is 5.68. The number of carbonyl (C=O) groups is 1. The Morgan fingerprint density at radius 3 is 2.75 bits per heavy atom. The van der Waals surface area contributed by atoms with E-state index in [2.05, 4.69) is 6.92 Å². The summed E-state index contributed by atoms with van der Waals surface area (Å²) in [6, 6.07) is 0. The second-order valence-corrected chi connectivity index (χ2v) is 3.99. The van der Waals surface area contributed by atoms with Crippen LogP contribution < -0.4 is 5.73 Å². The van der Waals surface area contributed by atoms with E-state index in [9.17, 15) is 4.79 Å². The van der Waals surface area contributed by atoms with Gasteiger partial charge in [-0.1, -0.05) is 6.92 Å². The van der Waals surface area contributed by atoms with Crippen LogP contribution in [0.25, 0.3) is 0 Å². The van der Waals surface area contributed by atoms with Gasteiger partial charge in [-0.05, 0) is 31.6 Å². The molecule has 0 heterocycles. The number of ether oxygens (including phenoxy) is 1. The van der Waals surface area contributed by atoms with Gasteiger partial charge in [0.15, 0.2) is 0 Å². The molecule has 0 aromatic heterocycles. The van der Waals surface area contributed by atoms with Crippen LogP contribution in [0.15, 0.2) is 0 Å². The molecular weight excluding hydrogens is 154 g/mol. The maximum atomic E-state index is 10.6. The number of primary amides is 1. The average molecular weight is 169 g/mol. The fourth-order valence-corrected chi connectivity index (χ4v) is 2.20. The molecule has 2 unspecified atom stereocenters. The maximum absolute atomic E-state index is 10.6. The lowest BCUT2D eigenvalue weighted by molar-refractivity contribution is 0.0746. The minimum absolute atomic E-state index is 0.160. The zero-order valence-corrected chi connectivity index (χ0v) is 7.38. The van der Waals surface area contributed by atoms with E-state index >= 15 is 0 Å². The predicted molar refractivity (Wildman–Crippen MR) is 44.5 cm³/mol. The van der Waals surface area contributed by atoms with Crippen LogP contribution in [0.3, 0.4) is 0 Å². The molecule has 2 saturated carbocycles. The van der Waals surface area contributed by atoms with Gasteiger partial charge in [0.1, 0.15) is 5.60 Å². The number of amides is 1. The highest BCUT2D eigenvalue weighted by molar-refractivity contribution is 5.65. The molecule has 2 aliphatic carbocycles. The number of hydrogen-bond acceptors (Lipinski definition) is 2. The lowest BCUT2D eigenvalue weighted by Gasteiger charge is -2.14. The number of rotatable bonds is 3. The predicted octanol–water partition coefficient (Wildman–Crippen LogP) is 1.66. The largest absolute Gasteiger partial charge is 0.443 e. The van der Waals surface area contributed by atoms with E-state index < -0.39 is 6.09 Å². The quantitative estimate of drug-likeness (QED) is 0.698. The molecule has 1 amide bonds. The van der Waals surface area contributed by atoms with Crippen LogP contribution in [0, 0.1) is 11.8 Å². The molecule has 2 aliphatic rings. The second-order valence-electron chi connectivity index (χ2n) is 3.99. The molecule has 68 valence electrons. The monoisotopic (exact) mass is 169 g/mol. The molecule has 0 spiro atoms. The summed E-state index contributed by atoms with van der Waals surface area (Å²) in [4.78, 5) is 10.6. The van der Waals surface area contributed by atoms with Crippen molar-refractivity contribution in [3.8, 4) is 0 Å². The Bertz CT molecular complexity index is 213. The molecule has 3 nitrogen and oxygen atoms in total. The van der Waals surface area contributed by atoms with Crippen molar-refractivity contribution >= 4 is 6.09 Å². The van der Waals surface area contributed by atoms with Crippen molar-refractivity contribution in [1.82, 2.24) is 0 Å². The Morgan fingerprint density at radius 2 is 2.33 bits per heavy atom. The number of hydrogen-bond donors (Lipinski definition) is 1. The highest BCUT2D eigenvalue weighted by Gasteiger charge is 2.61. The Morgan fingerprint density at radius 1 is 1.67 bits per heavy atom. The van der Waals surface area contributed by atoms with Crippen LogP contribution >= 0.6 is 0 Å². The van der Waals surface area contributed by atoms with Gasteiger partial charge in [0.2, 0.25) is 0 Å². The standard InChI is InChI=1S/C9H15NO2/c1-2-9(12-8(10)11)5-7(9)6-3-4-6/h6-7H,2-5H2,1H3,(H2,10,11). The van der Waals surface area contributed by atoms with Gasteiger partial charge in [-0.2, -0.15) is 0 Å². The maximum Gasteiger partial charge on any atom is 0.405 e. The summed E-state index contributed by atoms with van der Waals surface area (Å²) >= 11 is 0. The van der Waals surface area contributed by atoms with Crippen molar-refractivity contribution in [3.63, 3.8) is 0 Å². The van der Waals surface area contributed by atoms with Gasteiger partial charge in [-0.15, -0.1) is 0 Å². The Balaban J connectivity index is 1.94. The van der Waals surface area contributed by atoms with Gasteiger partial charge in [0, 0.05) is 5.92 Å². The first kappa shape index (κ1) is 7.90. The topological polar surface area (TPSA) is 52.3 Å². The molecule has 0 aliphatic heterocycles. The van der Waals surface area contributed by atoms with E-state index in [0.29, 0.717) is 5.92 Å². The van der Waals surface area contributed by atoms with Gasteiger partial charge >= 0.3 is 6.09 Å². The second kappa shape index (κ2) is 2.38. The van der Waals surface area contributed by atoms with Crippen LogP contribution in [-0.4, -0.2) is 11.7 Å². The Hall–Kier alpha value is -0.730. The molecule has 2 fully saturated rings. The van der Waals surface area contributed by atoms with E-state index in [1.807, 2.05) is 0 Å². The third-order valence-corrected chi connectivity index (χ3v) is 3.17. The van der Waals surface area contributed by atoms with Crippen molar-refractivity contribution in [2.75, 3.05) is 0 Å². The van der Waals surface area contributed by atoms with Gasteiger partial charge in [0.25, 0.3) is 0 Å². The van der Waals surface area contributed by atoms with Crippen molar-refractivity contribution in [2.45, 2.75) is 38.2 Å². The summed E-state index contributed by atoms with van der Waals surface area (Å²) < 4.78 is 5.15. The molecular formula is C9H15NO2. The fraction of sp³-hybridized carbons (Fsp3) is 0.889. The van der Waals surface area contributed by atoms with Gasteiger partial charge < -0.3 is 10.5 Å². The Labute approximate surface area is 72.3 Å². The minimum Gasteiger partial charge on any atom is -0.443 e. The Kier molecular flexibility index (Phi) is 1.56. The van der Waals surface area contributed by atoms with Crippen LogP contribution in [0.2, 0.25) is 0 Å².